The molecule has 0 amide bonds. The van der Waals surface area contributed by atoms with E-state index in [2.05, 4.69) is 5.16 Å². The van der Waals surface area contributed by atoms with E-state index in [1.54, 1.807) is 0 Å². The second kappa shape index (κ2) is 2.37. The minimum Gasteiger partial charge on any atom is -0.411 e. The lowest BCUT2D eigenvalue weighted by Crippen LogP contribution is -2.53. The molecular formula is C10H15NO3. The molecule has 2 saturated carbocycles. The van der Waals surface area contributed by atoms with Crippen molar-refractivity contribution in [2.45, 2.75) is 33.3 Å². The number of carbonyl (C=O) groups excluding carboxylic acids is 1. The van der Waals surface area contributed by atoms with Crippen LogP contribution in [0.3, 0.4) is 0 Å². The summed E-state index contributed by atoms with van der Waals surface area (Å²) in [5.41, 5.74) is -0.815. The van der Waals surface area contributed by atoms with Gasteiger partial charge in [-0.1, -0.05) is 25.9 Å². The van der Waals surface area contributed by atoms with E-state index in [4.69, 9.17) is 5.21 Å². The number of nitrogens with zero attached hydrogens (tertiary/aromatic N) is 1. The van der Waals surface area contributed by atoms with E-state index >= 15 is 0 Å². The first-order chi connectivity index (χ1) is 6.35. The molecule has 0 aromatic carbocycles. The Balaban J connectivity index is 2.52. The Kier molecular flexibility index (Phi) is 1.63. The fourth-order valence-corrected chi connectivity index (χ4v) is 3.34. The van der Waals surface area contributed by atoms with Crippen LogP contribution in [0.2, 0.25) is 0 Å². The van der Waals surface area contributed by atoms with E-state index in [1.807, 2.05) is 20.8 Å². The topological polar surface area (TPSA) is 69.9 Å². The van der Waals surface area contributed by atoms with Crippen molar-refractivity contribution in [3.05, 3.63) is 0 Å². The third-order valence-corrected chi connectivity index (χ3v) is 3.93. The summed E-state index contributed by atoms with van der Waals surface area (Å²) in [7, 11) is 0. The van der Waals surface area contributed by atoms with Crippen molar-refractivity contribution in [2.75, 3.05) is 0 Å². The average molecular weight is 197 g/mol. The summed E-state index contributed by atoms with van der Waals surface area (Å²) in [6.45, 7) is 5.53. The first kappa shape index (κ1) is 9.65. The van der Waals surface area contributed by atoms with Crippen molar-refractivity contribution in [1.29, 1.82) is 0 Å². The molecule has 0 radical (unpaired) electrons. The molecule has 0 saturated heterocycles. The Hall–Kier alpha value is -0.900. The number of hydrogen-bond donors (Lipinski definition) is 2. The molecule has 2 rings (SSSR count). The number of Topliss-reactive ketones (excluding diaryl/α,β-unsaturated/α-hetero) is 1. The molecule has 14 heavy (non-hydrogen) atoms. The molecule has 2 N–H and O–H groups in total. The summed E-state index contributed by atoms with van der Waals surface area (Å²) in [6.07, 6.45) is 0.0390. The summed E-state index contributed by atoms with van der Waals surface area (Å²) < 4.78 is 0. The van der Waals surface area contributed by atoms with Crippen LogP contribution in [0.1, 0.15) is 27.2 Å². The van der Waals surface area contributed by atoms with Gasteiger partial charge in [-0.3, -0.25) is 4.79 Å². The molecule has 0 aromatic heterocycles. The Morgan fingerprint density at radius 2 is 2.00 bits per heavy atom. The third kappa shape index (κ3) is 0.780. The zero-order chi connectivity index (χ0) is 10.7. The van der Waals surface area contributed by atoms with Crippen LogP contribution in [-0.2, 0) is 4.79 Å². The van der Waals surface area contributed by atoms with Crippen molar-refractivity contribution >= 4 is 11.5 Å². The highest BCUT2D eigenvalue weighted by atomic mass is 16.4. The highest BCUT2D eigenvalue weighted by molar-refractivity contribution is 6.46. The summed E-state index contributed by atoms with van der Waals surface area (Å²) in [4.78, 5) is 11.9. The minimum absolute atomic E-state index is 0.103. The highest BCUT2D eigenvalue weighted by Crippen LogP contribution is 2.61. The van der Waals surface area contributed by atoms with Crippen molar-refractivity contribution in [1.82, 2.24) is 0 Å². The lowest BCUT2D eigenvalue weighted by Gasteiger charge is -2.49. The monoisotopic (exact) mass is 197 g/mol. The van der Waals surface area contributed by atoms with Crippen LogP contribution in [0, 0.1) is 16.7 Å². The Bertz CT molecular complexity index is 334. The van der Waals surface area contributed by atoms with Gasteiger partial charge in [-0.15, -0.1) is 0 Å². The lowest BCUT2D eigenvalue weighted by molar-refractivity contribution is -0.148. The van der Waals surface area contributed by atoms with E-state index < -0.39 is 16.9 Å². The molecule has 3 unspecified atom stereocenters. The van der Waals surface area contributed by atoms with Gasteiger partial charge in [0.05, 0.1) is 6.10 Å². The fraction of sp³-hybridized carbons (Fsp3) is 0.800. The predicted octanol–water partition coefficient (Wildman–Crippen LogP) is 0.813. The van der Waals surface area contributed by atoms with E-state index in [0.717, 1.165) is 0 Å². The molecule has 2 aliphatic rings. The normalized spacial score (nSPS) is 47.7. The number of fused-ring (bicyclic) bond motifs is 1. The first-order valence-electron chi connectivity index (χ1n) is 4.81. The van der Waals surface area contributed by atoms with E-state index in [1.165, 1.54) is 0 Å². The van der Waals surface area contributed by atoms with E-state index in [9.17, 15) is 9.90 Å². The number of aliphatic hydroxyl groups excluding tert-OH is 1. The smallest absolute Gasteiger partial charge is 0.187 e. The maximum Gasteiger partial charge on any atom is 0.187 e. The van der Waals surface area contributed by atoms with Gasteiger partial charge in [-0.25, -0.2) is 0 Å². The lowest BCUT2D eigenvalue weighted by atomic mass is 9.56. The number of aliphatic hydroxyl groups is 1. The summed E-state index contributed by atoms with van der Waals surface area (Å²) >= 11 is 0. The van der Waals surface area contributed by atoms with Gasteiger partial charge in [0.25, 0.3) is 0 Å². The SMILES string of the molecule is CC1(C)C(=NO)C(=O)C2(C)CC(O)C12. The van der Waals surface area contributed by atoms with Gasteiger partial charge in [0, 0.05) is 16.7 Å². The molecule has 0 aliphatic heterocycles. The van der Waals surface area contributed by atoms with Gasteiger partial charge < -0.3 is 10.3 Å². The molecule has 0 heterocycles. The summed E-state index contributed by atoms with van der Waals surface area (Å²) in [6, 6.07) is 0. The fourth-order valence-electron chi connectivity index (χ4n) is 3.34. The van der Waals surface area contributed by atoms with Crippen LogP contribution in [-0.4, -0.2) is 27.9 Å². The predicted molar refractivity (Wildman–Crippen MR) is 50.2 cm³/mol. The Morgan fingerprint density at radius 3 is 2.36 bits per heavy atom. The van der Waals surface area contributed by atoms with Gasteiger partial charge in [0.1, 0.15) is 5.71 Å². The second-order valence-electron chi connectivity index (χ2n) is 5.17. The molecule has 4 heteroatoms. The Labute approximate surface area is 82.6 Å². The van der Waals surface area contributed by atoms with Crippen LogP contribution in [0.25, 0.3) is 0 Å². The zero-order valence-electron chi connectivity index (χ0n) is 8.61. The molecule has 3 atom stereocenters. The number of rotatable bonds is 0. The van der Waals surface area contributed by atoms with Gasteiger partial charge in [0.15, 0.2) is 5.78 Å². The van der Waals surface area contributed by atoms with E-state index in [-0.39, 0.29) is 17.4 Å². The zero-order valence-corrected chi connectivity index (χ0v) is 8.61. The van der Waals surface area contributed by atoms with E-state index in [0.29, 0.717) is 6.42 Å². The number of hydrogen-bond acceptors (Lipinski definition) is 4. The van der Waals surface area contributed by atoms with Crippen molar-refractivity contribution in [2.24, 2.45) is 21.9 Å². The average Bonchev–Trinajstić information content (AvgIpc) is 2.12. The maximum atomic E-state index is 11.9. The standard InChI is InChI=1S/C10H15NO3/c1-9(2)6-5(12)4-10(6,3)8(13)7(9)11-14/h5-6,12,14H,4H2,1-3H3. The van der Waals surface area contributed by atoms with Crippen molar-refractivity contribution < 1.29 is 15.1 Å². The van der Waals surface area contributed by atoms with Gasteiger partial charge in [-0.05, 0) is 6.42 Å². The van der Waals surface area contributed by atoms with Gasteiger partial charge in [-0.2, -0.15) is 0 Å². The van der Waals surface area contributed by atoms with Crippen molar-refractivity contribution in [3.63, 3.8) is 0 Å². The molecule has 2 fully saturated rings. The minimum atomic E-state index is -0.516. The van der Waals surface area contributed by atoms with Gasteiger partial charge in [0.2, 0.25) is 0 Å². The largest absolute Gasteiger partial charge is 0.411 e. The summed E-state index contributed by atoms with van der Waals surface area (Å²) in [5.74, 6) is -0.214. The molecule has 0 spiro atoms. The van der Waals surface area contributed by atoms with Crippen LogP contribution in [0.15, 0.2) is 5.16 Å². The van der Waals surface area contributed by atoms with Crippen LogP contribution in [0.4, 0.5) is 0 Å². The maximum absolute atomic E-state index is 11.9. The first-order valence-corrected chi connectivity index (χ1v) is 4.81. The van der Waals surface area contributed by atoms with Gasteiger partial charge >= 0.3 is 0 Å². The van der Waals surface area contributed by atoms with Crippen molar-refractivity contribution in [3.8, 4) is 0 Å². The number of oxime groups is 1. The molecular weight excluding hydrogens is 182 g/mol. The molecule has 78 valence electrons. The second-order valence-corrected chi connectivity index (χ2v) is 5.17. The van der Waals surface area contributed by atoms with Crippen LogP contribution >= 0.6 is 0 Å². The highest BCUT2D eigenvalue weighted by Gasteiger charge is 2.69. The molecule has 0 aromatic rings. The molecule has 2 aliphatic carbocycles. The Morgan fingerprint density at radius 1 is 1.43 bits per heavy atom. The summed E-state index contributed by atoms with van der Waals surface area (Å²) in [5, 5.41) is 21.6. The number of ketones is 1. The number of carbonyl (C=O) groups is 1. The quantitative estimate of drug-likeness (QED) is 0.446. The molecule has 4 nitrogen and oxygen atoms in total. The third-order valence-electron chi connectivity index (χ3n) is 3.93. The molecule has 0 bridgehead atoms. The van der Waals surface area contributed by atoms with Crippen LogP contribution < -0.4 is 0 Å². The van der Waals surface area contributed by atoms with Crippen LogP contribution in [0.5, 0.6) is 0 Å².